The molecule has 0 radical (unpaired) electrons. The van der Waals surface area contributed by atoms with Crippen molar-refractivity contribution in [2.45, 2.75) is 0 Å². The molecule has 0 aromatic heterocycles. The maximum Gasteiger partial charge on any atom is 0.298 e. The molecule has 1 aromatic rings. The van der Waals surface area contributed by atoms with E-state index in [1.165, 1.54) is 0 Å². The van der Waals surface area contributed by atoms with Crippen molar-refractivity contribution in [1.82, 2.24) is 0 Å². The topological polar surface area (TPSA) is 26.3 Å². The number of rotatable bonds is 2. The summed E-state index contributed by atoms with van der Waals surface area (Å²) in [5.74, 6) is -4.46. The Balaban J connectivity index is 3.18. The van der Waals surface area contributed by atoms with Crippen molar-refractivity contribution in [3.05, 3.63) is 29.6 Å². The van der Waals surface area contributed by atoms with Crippen molar-refractivity contribution >= 4 is 6.47 Å². The van der Waals surface area contributed by atoms with Gasteiger partial charge in [-0.1, -0.05) is 0 Å². The number of hydrogen-bond donors (Lipinski definition) is 0. The van der Waals surface area contributed by atoms with E-state index in [1.807, 2.05) is 0 Å². The van der Waals surface area contributed by atoms with Gasteiger partial charge in [0.2, 0.25) is 5.75 Å². The van der Waals surface area contributed by atoms with E-state index in [0.717, 1.165) is 0 Å². The highest BCUT2D eigenvalue weighted by Gasteiger charge is 2.12. The average molecular weight is 176 g/mol. The first-order chi connectivity index (χ1) is 5.65. The second-order valence-corrected chi connectivity index (χ2v) is 1.91. The number of halogens is 3. The summed E-state index contributed by atoms with van der Waals surface area (Å²) < 4.78 is 41.2. The van der Waals surface area contributed by atoms with Crippen LogP contribution in [0.1, 0.15) is 0 Å². The van der Waals surface area contributed by atoms with Crippen molar-refractivity contribution < 1.29 is 22.7 Å². The van der Waals surface area contributed by atoms with Crippen LogP contribution in [0, 0.1) is 17.5 Å². The fraction of sp³-hybridized carbons (Fsp3) is 0. The SMILES string of the molecule is O=COc1c(F)cc(F)cc1F. The monoisotopic (exact) mass is 176 g/mol. The molecule has 0 unspecified atom stereocenters. The number of hydrogen-bond acceptors (Lipinski definition) is 2. The lowest BCUT2D eigenvalue weighted by Gasteiger charge is -2.00. The molecule has 5 heteroatoms. The lowest BCUT2D eigenvalue weighted by Crippen LogP contribution is -1.96. The Hall–Kier alpha value is -1.52. The van der Waals surface area contributed by atoms with Crippen LogP contribution in [-0.4, -0.2) is 6.47 Å². The quantitative estimate of drug-likeness (QED) is 0.640. The first-order valence-electron chi connectivity index (χ1n) is 2.90. The summed E-state index contributed by atoms with van der Waals surface area (Å²) in [6.07, 6.45) is 0. The van der Waals surface area contributed by atoms with Gasteiger partial charge in [0.15, 0.2) is 11.6 Å². The van der Waals surface area contributed by atoms with Gasteiger partial charge in [0.1, 0.15) is 5.82 Å². The molecule has 1 aromatic carbocycles. The number of carbonyl (C=O) groups is 1. The Bertz CT molecular complexity index is 289. The Labute approximate surface area is 65.6 Å². The molecule has 0 bridgehead atoms. The minimum Gasteiger partial charge on any atom is -0.422 e. The molecule has 2 nitrogen and oxygen atoms in total. The van der Waals surface area contributed by atoms with Crippen molar-refractivity contribution in [2.24, 2.45) is 0 Å². The highest BCUT2D eigenvalue weighted by molar-refractivity contribution is 5.45. The molecule has 0 saturated carbocycles. The molecule has 0 amide bonds. The molecule has 0 aliphatic rings. The molecule has 12 heavy (non-hydrogen) atoms. The van der Waals surface area contributed by atoms with E-state index in [1.54, 1.807) is 0 Å². The van der Waals surface area contributed by atoms with Crippen LogP contribution in [0.3, 0.4) is 0 Å². The summed E-state index contributed by atoms with van der Waals surface area (Å²) in [7, 11) is 0. The maximum absolute atomic E-state index is 12.5. The van der Waals surface area contributed by atoms with Crippen LogP contribution in [0.4, 0.5) is 13.2 Å². The van der Waals surface area contributed by atoms with Crippen LogP contribution in [0.5, 0.6) is 5.75 Å². The van der Waals surface area contributed by atoms with Gasteiger partial charge in [-0.3, -0.25) is 4.79 Å². The summed E-state index contributed by atoms with van der Waals surface area (Å²) in [5, 5.41) is 0. The van der Waals surface area contributed by atoms with Gasteiger partial charge in [0.05, 0.1) is 0 Å². The van der Waals surface area contributed by atoms with Gasteiger partial charge >= 0.3 is 0 Å². The molecular formula is C7H3F3O2. The third kappa shape index (κ3) is 1.55. The predicted octanol–water partition coefficient (Wildman–Crippen LogP) is 1.64. The summed E-state index contributed by atoms with van der Waals surface area (Å²) in [6, 6.07) is 0.837. The zero-order valence-corrected chi connectivity index (χ0v) is 5.68. The second kappa shape index (κ2) is 3.25. The molecule has 0 N–H and O–H groups in total. The maximum atomic E-state index is 12.5. The molecular weight excluding hydrogens is 173 g/mol. The Morgan fingerprint density at radius 3 is 2.08 bits per heavy atom. The molecule has 0 fully saturated rings. The molecule has 1 rings (SSSR count). The Kier molecular flexibility index (Phi) is 2.32. The van der Waals surface area contributed by atoms with Gasteiger partial charge in [-0.25, -0.2) is 13.2 Å². The minimum atomic E-state index is -1.25. The van der Waals surface area contributed by atoms with E-state index in [9.17, 15) is 18.0 Å². The Morgan fingerprint density at radius 1 is 1.17 bits per heavy atom. The van der Waals surface area contributed by atoms with Crippen LogP contribution in [0.2, 0.25) is 0 Å². The van der Waals surface area contributed by atoms with E-state index >= 15 is 0 Å². The fourth-order valence-corrected chi connectivity index (χ4v) is 0.690. The van der Waals surface area contributed by atoms with Crippen LogP contribution in [0.25, 0.3) is 0 Å². The van der Waals surface area contributed by atoms with E-state index in [0.29, 0.717) is 12.1 Å². The Morgan fingerprint density at radius 2 is 1.67 bits per heavy atom. The lowest BCUT2D eigenvalue weighted by atomic mass is 10.3. The molecule has 0 atom stereocenters. The third-order valence-electron chi connectivity index (χ3n) is 1.13. The average Bonchev–Trinajstić information content (AvgIpc) is 1.96. The van der Waals surface area contributed by atoms with E-state index in [2.05, 4.69) is 4.74 Å². The largest absolute Gasteiger partial charge is 0.422 e. The van der Waals surface area contributed by atoms with E-state index in [4.69, 9.17) is 0 Å². The summed E-state index contributed by atoms with van der Waals surface area (Å²) in [6.45, 7) is -0.139. The van der Waals surface area contributed by atoms with Crippen LogP contribution in [0.15, 0.2) is 12.1 Å². The predicted molar refractivity (Wildman–Crippen MR) is 33.0 cm³/mol. The van der Waals surface area contributed by atoms with Crippen molar-refractivity contribution in [3.63, 3.8) is 0 Å². The third-order valence-corrected chi connectivity index (χ3v) is 1.13. The first-order valence-corrected chi connectivity index (χ1v) is 2.90. The molecule has 0 aliphatic carbocycles. The lowest BCUT2D eigenvalue weighted by molar-refractivity contribution is -0.121. The fourth-order valence-electron chi connectivity index (χ4n) is 0.690. The van der Waals surface area contributed by atoms with Crippen molar-refractivity contribution in [2.75, 3.05) is 0 Å². The van der Waals surface area contributed by atoms with Gasteiger partial charge in [0.25, 0.3) is 6.47 Å². The normalized spacial score (nSPS) is 9.58. The number of benzene rings is 1. The summed E-state index contributed by atoms with van der Waals surface area (Å²) in [5.41, 5.74) is 0. The van der Waals surface area contributed by atoms with Crippen LogP contribution in [-0.2, 0) is 4.79 Å². The zero-order chi connectivity index (χ0) is 9.14. The molecule has 0 spiro atoms. The van der Waals surface area contributed by atoms with Crippen molar-refractivity contribution in [1.29, 1.82) is 0 Å². The first kappa shape index (κ1) is 8.58. The van der Waals surface area contributed by atoms with Gasteiger partial charge in [-0.2, -0.15) is 0 Å². The van der Waals surface area contributed by atoms with Gasteiger partial charge < -0.3 is 4.74 Å². The van der Waals surface area contributed by atoms with Gasteiger partial charge in [-0.15, -0.1) is 0 Å². The second-order valence-electron chi connectivity index (χ2n) is 1.91. The number of carbonyl (C=O) groups excluding carboxylic acids is 1. The van der Waals surface area contributed by atoms with Crippen LogP contribution >= 0.6 is 0 Å². The van der Waals surface area contributed by atoms with Crippen LogP contribution < -0.4 is 4.74 Å². The van der Waals surface area contributed by atoms with Gasteiger partial charge in [0, 0.05) is 12.1 Å². The minimum absolute atomic E-state index is 0.139. The smallest absolute Gasteiger partial charge is 0.298 e. The summed E-state index contributed by atoms with van der Waals surface area (Å²) >= 11 is 0. The van der Waals surface area contributed by atoms with E-state index < -0.39 is 23.2 Å². The van der Waals surface area contributed by atoms with E-state index in [-0.39, 0.29) is 6.47 Å². The molecule has 0 aliphatic heterocycles. The molecule has 0 heterocycles. The summed E-state index contributed by atoms with van der Waals surface area (Å²) in [4.78, 5) is 9.71. The zero-order valence-electron chi connectivity index (χ0n) is 5.68. The molecule has 64 valence electrons. The molecule has 0 saturated heterocycles. The number of ether oxygens (including phenoxy) is 1. The highest BCUT2D eigenvalue weighted by Crippen LogP contribution is 2.21. The highest BCUT2D eigenvalue weighted by atomic mass is 19.1. The van der Waals surface area contributed by atoms with Crippen molar-refractivity contribution in [3.8, 4) is 5.75 Å². The standard InChI is InChI=1S/C7H3F3O2/c8-4-1-5(9)7(12-3-11)6(10)2-4/h1-3H. The van der Waals surface area contributed by atoms with Gasteiger partial charge in [-0.05, 0) is 0 Å².